The van der Waals surface area contributed by atoms with Gasteiger partial charge in [0, 0.05) is 21.4 Å². The summed E-state index contributed by atoms with van der Waals surface area (Å²) < 4.78 is 5.38. The van der Waals surface area contributed by atoms with Crippen LogP contribution in [0.3, 0.4) is 0 Å². The molecule has 0 aliphatic rings. The van der Waals surface area contributed by atoms with Crippen LogP contribution in [0.2, 0.25) is 5.02 Å². The van der Waals surface area contributed by atoms with Gasteiger partial charge in [0.25, 0.3) is 0 Å². The van der Waals surface area contributed by atoms with Crippen molar-refractivity contribution in [2.45, 2.75) is 27.7 Å². The number of ether oxygens (including phenoxy) is 1. The number of aromatic nitrogens is 1. The Morgan fingerprint density at radius 2 is 1.79 bits per heavy atom. The number of ketones is 1. The number of fused-ring (bicyclic) bond motifs is 1. The first-order valence-corrected chi connectivity index (χ1v) is 9.42. The van der Waals surface area contributed by atoms with Crippen LogP contribution in [0.1, 0.15) is 36.7 Å². The molecule has 28 heavy (non-hydrogen) atoms. The monoisotopic (exact) mass is 395 g/mol. The van der Waals surface area contributed by atoms with E-state index in [2.05, 4.69) is 0 Å². The second-order valence-electron chi connectivity index (χ2n) is 7.74. The summed E-state index contributed by atoms with van der Waals surface area (Å²) in [5.74, 6) is -0.663. The second-order valence-corrected chi connectivity index (χ2v) is 8.17. The van der Waals surface area contributed by atoms with E-state index in [0.717, 1.165) is 5.56 Å². The number of carbonyl (C=O) groups excluding carboxylic acids is 2. The zero-order valence-electron chi connectivity index (χ0n) is 16.4. The number of para-hydroxylation sites is 1. The van der Waals surface area contributed by atoms with E-state index in [9.17, 15) is 9.59 Å². The molecule has 0 N–H and O–H groups in total. The summed E-state index contributed by atoms with van der Waals surface area (Å²) in [6.07, 6.45) is 0. The minimum atomic E-state index is -0.568. The first kappa shape index (κ1) is 20.0. The molecule has 0 fully saturated rings. The molecule has 0 radical (unpaired) electrons. The normalized spacial score (nSPS) is 11.5. The number of benzene rings is 2. The molecule has 0 saturated carbocycles. The van der Waals surface area contributed by atoms with Gasteiger partial charge in [-0.1, -0.05) is 62.7 Å². The third-order valence-corrected chi connectivity index (χ3v) is 4.84. The SMILES string of the molecule is Cc1c(-c2cccc(Cl)c2)nc2ccccc2c1C(=O)OCC(=O)C(C)(C)C. The molecule has 0 atom stereocenters. The number of esters is 1. The Morgan fingerprint density at radius 3 is 2.46 bits per heavy atom. The van der Waals surface area contributed by atoms with Gasteiger partial charge in [0.05, 0.1) is 16.8 Å². The van der Waals surface area contributed by atoms with Crippen molar-refractivity contribution in [1.82, 2.24) is 4.98 Å². The molecular formula is C23H22ClNO3. The summed E-state index contributed by atoms with van der Waals surface area (Å²) in [5.41, 5.74) is 2.70. The van der Waals surface area contributed by atoms with Crippen LogP contribution in [0.5, 0.6) is 0 Å². The van der Waals surface area contributed by atoms with Crippen molar-refractivity contribution in [3.8, 4) is 11.3 Å². The van der Waals surface area contributed by atoms with Gasteiger partial charge in [-0.2, -0.15) is 0 Å². The van der Waals surface area contributed by atoms with Gasteiger partial charge in [0.15, 0.2) is 12.4 Å². The lowest BCUT2D eigenvalue weighted by atomic mass is 9.91. The summed E-state index contributed by atoms with van der Waals surface area (Å²) in [6, 6.07) is 14.7. The van der Waals surface area contributed by atoms with Crippen LogP contribution in [0.15, 0.2) is 48.5 Å². The first-order chi connectivity index (χ1) is 13.2. The molecule has 2 aromatic carbocycles. The third-order valence-electron chi connectivity index (χ3n) is 4.61. The molecule has 144 valence electrons. The van der Waals surface area contributed by atoms with Crippen LogP contribution in [0.4, 0.5) is 0 Å². The van der Waals surface area contributed by atoms with Gasteiger partial charge < -0.3 is 4.74 Å². The van der Waals surface area contributed by atoms with Crippen molar-refractivity contribution in [1.29, 1.82) is 0 Å². The first-order valence-electron chi connectivity index (χ1n) is 9.04. The minimum Gasteiger partial charge on any atom is -0.454 e. The maximum Gasteiger partial charge on any atom is 0.339 e. The van der Waals surface area contributed by atoms with E-state index >= 15 is 0 Å². The lowest BCUT2D eigenvalue weighted by Crippen LogP contribution is -2.26. The van der Waals surface area contributed by atoms with Gasteiger partial charge in [0.1, 0.15) is 0 Å². The van der Waals surface area contributed by atoms with E-state index in [4.69, 9.17) is 21.3 Å². The Bertz CT molecular complexity index is 1070. The van der Waals surface area contributed by atoms with Gasteiger partial charge in [-0.3, -0.25) is 4.79 Å². The van der Waals surface area contributed by atoms with Crippen LogP contribution in [0, 0.1) is 12.3 Å². The summed E-state index contributed by atoms with van der Waals surface area (Å²) >= 11 is 6.14. The number of Topliss-reactive ketones (excluding diaryl/α,β-unsaturated/α-hetero) is 1. The second kappa shape index (κ2) is 7.72. The average Bonchev–Trinajstić information content (AvgIpc) is 2.64. The fourth-order valence-electron chi connectivity index (χ4n) is 2.91. The van der Waals surface area contributed by atoms with E-state index in [1.54, 1.807) is 26.8 Å². The zero-order valence-corrected chi connectivity index (χ0v) is 17.1. The molecule has 3 aromatic rings. The van der Waals surface area contributed by atoms with Crippen LogP contribution >= 0.6 is 11.6 Å². The highest BCUT2D eigenvalue weighted by Crippen LogP contribution is 2.31. The maximum absolute atomic E-state index is 12.9. The number of halogens is 1. The van der Waals surface area contributed by atoms with Crippen molar-refractivity contribution in [2.75, 3.05) is 6.61 Å². The summed E-state index contributed by atoms with van der Waals surface area (Å²) in [7, 11) is 0. The van der Waals surface area contributed by atoms with Crippen molar-refractivity contribution in [3.05, 3.63) is 64.7 Å². The number of carbonyl (C=O) groups is 2. The molecule has 0 aliphatic heterocycles. The quantitative estimate of drug-likeness (QED) is 0.537. The van der Waals surface area contributed by atoms with Gasteiger partial charge in [-0.25, -0.2) is 9.78 Å². The minimum absolute atomic E-state index is 0.132. The molecule has 0 unspecified atom stereocenters. The number of pyridine rings is 1. The fraction of sp³-hybridized carbons (Fsp3) is 0.261. The van der Waals surface area contributed by atoms with E-state index < -0.39 is 11.4 Å². The molecule has 0 saturated heterocycles. The highest BCUT2D eigenvalue weighted by Gasteiger charge is 2.25. The summed E-state index contributed by atoms with van der Waals surface area (Å²) in [6.45, 7) is 6.97. The number of hydrogen-bond donors (Lipinski definition) is 0. The highest BCUT2D eigenvalue weighted by molar-refractivity contribution is 6.30. The average molecular weight is 396 g/mol. The Labute approximate surface area is 169 Å². The lowest BCUT2D eigenvalue weighted by Gasteiger charge is -2.18. The molecule has 0 spiro atoms. The molecule has 0 amide bonds. The molecule has 0 bridgehead atoms. The molecule has 0 aliphatic carbocycles. The Kier molecular flexibility index (Phi) is 5.52. The molecule has 5 heteroatoms. The topological polar surface area (TPSA) is 56.3 Å². The Hall–Kier alpha value is -2.72. The van der Waals surface area contributed by atoms with E-state index in [0.29, 0.717) is 32.7 Å². The molecular weight excluding hydrogens is 374 g/mol. The zero-order chi connectivity index (χ0) is 20.5. The van der Waals surface area contributed by atoms with Crippen molar-refractivity contribution in [2.24, 2.45) is 5.41 Å². The molecule has 1 aromatic heterocycles. The third kappa shape index (κ3) is 4.07. The van der Waals surface area contributed by atoms with Gasteiger partial charge in [-0.15, -0.1) is 0 Å². The smallest absolute Gasteiger partial charge is 0.339 e. The standard InChI is InChI=1S/C23H22ClNO3/c1-14-20(22(27)28-13-19(26)23(2,3)4)17-10-5-6-11-18(17)25-21(14)15-8-7-9-16(24)12-15/h5-12H,13H2,1-4H3. The molecule has 1 heterocycles. The van der Waals surface area contributed by atoms with Crippen molar-refractivity contribution in [3.63, 3.8) is 0 Å². The van der Waals surface area contributed by atoms with E-state index in [-0.39, 0.29) is 12.4 Å². The van der Waals surface area contributed by atoms with E-state index in [1.807, 2.05) is 49.4 Å². The number of hydrogen-bond acceptors (Lipinski definition) is 4. The largest absolute Gasteiger partial charge is 0.454 e. The molecule has 4 nitrogen and oxygen atoms in total. The number of rotatable bonds is 4. The van der Waals surface area contributed by atoms with Gasteiger partial charge in [0.2, 0.25) is 0 Å². The lowest BCUT2D eigenvalue weighted by molar-refractivity contribution is -0.129. The van der Waals surface area contributed by atoms with Gasteiger partial charge >= 0.3 is 5.97 Å². The maximum atomic E-state index is 12.9. The van der Waals surface area contributed by atoms with Crippen LogP contribution < -0.4 is 0 Å². The van der Waals surface area contributed by atoms with Gasteiger partial charge in [-0.05, 0) is 30.7 Å². The van der Waals surface area contributed by atoms with Crippen LogP contribution in [-0.2, 0) is 9.53 Å². The summed E-state index contributed by atoms with van der Waals surface area (Å²) in [5, 5.41) is 1.28. The Morgan fingerprint density at radius 1 is 1.07 bits per heavy atom. The predicted octanol–water partition coefficient (Wildman–Crippen LogP) is 5.64. The fourth-order valence-corrected chi connectivity index (χ4v) is 3.10. The van der Waals surface area contributed by atoms with Crippen molar-refractivity contribution < 1.29 is 14.3 Å². The van der Waals surface area contributed by atoms with Crippen LogP contribution in [0.25, 0.3) is 22.2 Å². The van der Waals surface area contributed by atoms with E-state index in [1.165, 1.54) is 0 Å². The summed E-state index contributed by atoms with van der Waals surface area (Å²) in [4.78, 5) is 29.8. The number of nitrogens with zero attached hydrogens (tertiary/aromatic N) is 1. The van der Waals surface area contributed by atoms with Crippen molar-refractivity contribution >= 4 is 34.3 Å². The predicted molar refractivity (Wildman–Crippen MR) is 112 cm³/mol. The Balaban J connectivity index is 2.09. The highest BCUT2D eigenvalue weighted by atomic mass is 35.5. The van der Waals surface area contributed by atoms with Crippen LogP contribution in [-0.4, -0.2) is 23.3 Å². The molecule has 3 rings (SSSR count).